The van der Waals surface area contributed by atoms with Crippen LogP contribution in [0.5, 0.6) is 0 Å². The molecular weight excluding hydrogens is 294 g/mol. The molecule has 0 aliphatic rings. The standard InChI is InChI=1S/C10H12BrNO3S/c11-6-1-2-8(9(16)3-6)10(15)12-7(4-13)5-14/h1-3,7,13-14,16H,4-5H2,(H,12,15). The largest absolute Gasteiger partial charge is 0.394 e. The molecule has 0 radical (unpaired) electrons. The smallest absolute Gasteiger partial charge is 0.252 e. The maximum Gasteiger partial charge on any atom is 0.252 e. The van der Waals surface area contributed by atoms with Crippen molar-refractivity contribution in [3.63, 3.8) is 0 Å². The van der Waals surface area contributed by atoms with Crippen LogP contribution in [-0.2, 0) is 0 Å². The molecule has 1 aromatic rings. The highest BCUT2D eigenvalue weighted by Crippen LogP contribution is 2.19. The summed E-state index contributed by atoms with van der Waals surface area (Å²) in [7, 11) is 0. The van der Waals surface area contributed by atoms with Crippen LogP contribution >= 0.6 is 28.6 Å². The van der Waals surface area contributed by atoms with Crippen molar-refractivity contribution in [3.8, 4) is 0 Å². The fourth-order valence-corrected chi connectivity index (χ4v) is 1.96. The Hall–Kier alpha value is -0.560. The van der Waals surface area contributed by atoms with Gasteiger partial charge in [0.1, 0.15) is 0 Å². The summed E-state index contributed by atoms with van der Waals surface area (Å²) in [6.07, 6.45) is 0. The van der Waals surface area contributed by atoms with Gasteiger partial charge in [-0.3, -0.25) is 4.79 Å². The van der Waals surface area contributed by atoms with E-state index in [1.165, 1.54) is 0 Å². The van der Waals surface area contributed by atoms with Crippen LogP contribution in [0.15, 0.2) is 27.6 Å². The molecule has 0 atom stereocenters. The number of hydrogen-bond acceptors (Lipinski definition) is 4. The zero-order valence-corrected chi connectivity index (χ0v) is 10.8. The maximum atomic E-state index is 11.7. The summed E-state index contributed by atoms with van der Waals surface area (Å²) in [6, 6.07) is 4.39. The van der Waals surface area contributed by atoms with Crippen molar-refractivity contribution in [2.45, 2.75) is 10.9 Å². The highest BCUT2D eigenvalue weighted by molar-refractivity contribution is 9.10. The zero-order valence-electron chi connectivity index (χ0n) is 8.35. The zero-order chi connectivity index (χ0) is 12.1. The number of amides is 1. The van der Waals surface area contributed by atoms with E-state index in [1.807, 2.05) is 0 Å². The third kappa shape index (κ3) is 3.48. The molecule has 0 saturated carbocycles. The molecular formula is C10H12BrNO3S. The van der Waals surface area contributed by atoms with Gasteiger partial charge in [0.05, 0.1) is 24.8 Å². The number of aliphatic hydroxyl groups is 2. The first kappa shape index (κ1) is 13.5. The SMILES string of the molecule is O=C(NC(CO)CO)c1ccc(Br)cc1S. The second kappa shape index (κ2) is 6.24. The van der Waals surface area contributed by atoms with Crippen molar-refractivity contribution in [1.82, 2.24) is 5.32 Å². The molecule has 3 N–H and O–H groups in total. The molecule has 0 bridgehead atoms. The van der Waals surface area contributed by atoms with Crippen LogP contribution in [-0.4, -0.2) is 35.4 Å². The predicted molar refractivity (Wildman–Crippen MR) is 66.8 cm³/mol. The predicted octanol–water partition coefficient (Wildman–Crippen LogP) is 0.821. The summed E-state index contributed by atoms with van der Waals surface area (Å²) in [4.78, 5) is 12.2. The fourth-order valence-electron chi connectivity index (χ4n) is 1.11. The minimum Gasteiger partial charge on any atom is -0.394 e. The average molecular weight is 306 g/mol. The number of halogens is 1. The molecule has 0 aromatic heterocycles. The maximum absolute atomic E-state index is 11.7. The van der Waals surface area contributed by atoms with Crippen molar-refractivity contribution < 1.29 is 15.0 Å². The first-order valence-electron chi connectivity index (χ1n) is 4.59. The normalized spacial score (nSPS) is 10.6. The van der Waals surface area contributed by atoms with Gasteiger partial charge in [-0.05, 0) is 18.2 Å². The lowest BCUT2D eigenvalue weighted by Crippen LogP contribution is -2.40. The first-order chi connectivity index (χ1) is 7.58. The van der Waals surface area contributed by atoms with E-state index < -0.39 is 6.04 Å². The number of nitrogens with one attached hydrogen (secondary N) is 1. The van der Waals surface area contributed by atoms with Crippen LogP contribution < -0.4 is 5.32 Å². The average Bonchev–Trinajstić information content (AvgIpc) is 2.25. The Balaban J connectivity index is 2.80. The minimum absolute atomic E-state index is 0.305. The Morgan fingerprint density at radius 3 is 2.56 bits per heavy atom. The van der Waals surface area contributed by atoms with E-state index in [0.717, 1.165) is 4.47 Å². The summed E-state index contributed by atoms with van der Waals surface area (Å²) < 4.78 is 0.829. The molecule has 1 amide bonds. The third-order valence-corrected chi connectivity index (χ3v) is 2.84. The summed E-state index contributed by atoms with van der Waals surface area (Å²) >= 11 is 7.44. The van der Waals surface area contributed by atoms with E-state index in [1.54, 1.807) is 18.2 Å². The number of aliphatic hydroxyl groups excluding tert-OH is 2. The van der Waals surface area contributed by atoms with Gasteiger partial charge in [0.15, 0.2) is 0 Å². The molecule has 0 aliphatic heterocycles. The second-order valence-corrected chi connectivity index (χ2v) is 4.59. The summed E-state index contributed by atoms with van der Waals surface area (Å²) in [5.74, 6) is -0.370. The van der Waals surface area contributed by atoms with Gasteiger partial charge in [-0.15, -0.1) is 12.6 Å². The molecule has 4 nitrogen and oxygen atoms in total. The van der Waals surface area contributed by atoms with Gasteiger partial charge in [-0.25, -0.2) is 0 Å². The Morgan fingerprint density at radius 2 is 2.06 bits per heavy atom. The second-order valence-electron chi connectivity index (χ2n) is 3.20. The lowest BCUT2D eigenvalue weighted by Gasteiger charge is -2.14. The quantitative estimate of drug-likeness (QED) is 0.623. The number of carbonyl (C=O) groups is 1. The molecule has 16 heavy (non-hydrogen) atoms. The molecule has 88 valence electrons. The topological polar surface area (TPSA) is 69.6 Å². The lowest BCUT2D eigenvalue weighted by atomic mass is 10.2. The Morgan fingerprint density at radius 1 is 1.44 bits per heavy atom. The minimum atomic E-state index is -0.649. The van der Waals surface area contributed by atoms with E-state index in [0.29, 0.717) is 10.5 Å². The van der Waals surface area contributed by atoms with E-state index in [9.17, 15) is 4.79 Å². The van der Waals surface area contributed by atoms with Crippen molar-refractivity contribution in [2.75, 3.05) is 13.2 Å². The van der Waals surface area contributed by atoms with Crippen LogP contribution in [0, 0.1) is 0 Å². The molecule has 0 spiro atoms. The van der Waals surface area contributed by atoms with Crippen LogP contribution in [0.2, 0.25) is 0 Å². The molecule has 0 unspecified atom stereocenters. The van der Waals surface area contributed by atoms with Crippen LogP contribution in [0.1, 0.15) is 10.4 Å². The Labute approximate surface area is 107 Å². The first-order valence-corrected chi connectivity index (χ1v) is 5.83. The van der Waals surface area contributed by atoms with Crippen LogP contribution in [0.25, 0.3) is 0 Å². The summed E-state index contributed by atoms with van der Waals surface area (Å²) in [5, 5.41) is 20.2. The lowest BCUT2D eigenvalue weighted by molar-refractivity contribution is 0.0876. The van der Waals surface area contributed by atoms with Crippen molar-refractivity contribution in [1.29, 1.82) is 0 Å². The van der Waals surface area contributed by atoms with Crippen molar-refractivity contribution >= 4 is 34.5 Å². The van der Waals surface area contributed by atoms with E-state index in [2.05, 4.69) is 33.9 Å². The van der Waals surface area contributed by atoms with Gasteiger partial charge in [-0.1, -0.05) is 15.9 Å². The number of carbonyl (C=O) groups excluding carboxylic acids is 1. The van der Waals surface area contributed by atoms with Crippen LogP contribution in [0.3, 0.4) is 0 Å². The third-order valence-electron chi connectivity index (χ3n) is 1.98. The van der Waals surface area contributed by atoms with Crippen LogP contribution in [0.4, 0.5) is 0 Å². The molecule has 0 heterocycles. The number of hydrogen-bond donors (Lipinski definition) is 4. The van der Waals surface area contributed by atoms with Gasteiger partial charge in [0, 0.05) is 9.37 Å². The molecule has 1 rings (SSSR count). The van der Waals surface area contributed by atoms with Gasteiger partial charge in [-0.2, -0.15) is 0 Å². The van der Waals surface area contributed by atoms with Gasteiger partial charge < -0.3 is 15.5 Å². The highest BCUT2D eigenvalue weighted by atomic mass is 79.9. The Bertz CT molecular complexity index is 382. The van der Waals surface area contributed by atoms with Crippen molar-refractivity contribution in [3.05, 3.63) is 28.2 Å². The number of thiol groups is 1. The summed E-state index contributed by atoms with van der Waals surface area (Å²) in [6.45, 7) is -0.610. The number of rotatable bonds is 4. The molecule has 0 aliphatic carbocycles. The number of benzene rings is 1. The summed E-state index contributed by atoms with van der Waals surface area (Å²) in [5.41, 5.74) is 0.401. The molecule has 1 aromatic carbocycles. The van der Waals surface area contributed by atoms with Gasteiger partial charge in [0.2, 0.25) is 0 Å². The van der Waals surface area contributed by atoms with E-state index >= 15 is 0 Å². The molecule has 0 saturated heterocycles. The highest BCUT2D eigenvalue weighted by Gasteiger charge is 2.14. The van der Waals surface area contributed by atoms with Gasteiger partial charge >= 0.3 is 0 Å². The monoisotopic (exact) mass is 305 g/mol. The molecule has 0 fully saturated rings. The van der Waals surface area contributed by atoms with E-state index in [-0.39, 0.29) is 19.1 Å². The van der Waals surface area contributed by atoms with E-state index in [4.69, 9.17) is 10.2 Å². The molecule has 6 heteroatoms. The fraction of sp³-hybridized carbons (Fsp3) is 0.300. The van der Waals surface area contributed by atoms with Gasteiger partial charge in [0.25, 0.3) is 5.91 Å². The van der Waals surface area contributed by atoms with Crippen molar-refractivity contribution in [2.24, 2.45) is 0 Å². The Kier molecular flexibility index (Phi) is 5.27.